The summed E-state index contributed by atoms with van der Waals surface area (Å²) in [5.74, 6) is 0. The number of hydrogen-bond donors (Lipinski definition) is 0. The number of furan rings is 2. The third-order valence-corrected chi connectivity index (χ3v) is 9.20. The minimum absolute atomic E-state index is 0.187. The minimum atomic E-state index is -0.427. The van der Waals surface area contributed by atoms with Gasteiger partial charge < -0.3 is 8.83 Å². The summed E-state index contributed by atoms with van der Waals surface area (Å²) in [5.41, 5.74) is 7.74. The molecule has 2 heteroatoms. The molecule has 0 aliphatic heterocycles. The molecule has 0 amide bonds. The summed E-state index contributed by atoms with van der Waals surface area (Å²) in [7, 11) is 0. The predicted octanol–water partition coefficient (Wildman–Crippen LogP) is 13.3. The van der Waals surface area contributed by atoms with E-state index < -0.39 is 24.2 Å². The van der Waals surface area contributed by atoms with Crippen LogP contribution in [0.2, 0.25) is 0 Å². The zero-order chi connectivity index (χ0) is 38.6. The fourth-order valence-corrected chi connectivity index (χ4v) is 7.00. The summed E-state index contributed by atoms with van der Waals surface area (Å²) in [6.45, 7) is 0. The van der Waals surface area contributed by atoms with Crippen molar-refractivity contribution in [2.75, 3.05) is 0 Å². The second-order valence-electron chi connectivity index (χ2n) is 11.8. The molecule has 8 aromatic carbocycles. The average molecular weight is 621 g/mol. The molecule has 10 aromatic rings. The van der Waals surface area contributed by atoms with Gasteiger partial charge >= 0.3 is 0 Å². The van der Waals surface area contributed by atoms with Gasteiger partial charge in [-0.15, -0.1) is 0 Å². The van der Waals surface area contributed by atoms with Crippen LogP contribution in [0.5, 0.6) is 0 Å². The van der Waals surface area contributed by atoms with E-state index in [2.05, 4.69) is 6.07 Å². The molecular formula is C46H28O2. The van der Waals surface area contributed by atoms with Crippen molar-refractivity contribution in [1.82, 2.24) is 0 Å². The normalized spacial score (nSPS) is 14.1. The highest BCUT2D eigenvalue weighted by atomic mass is 16.3. The molecule has 48 heavy (non-hydrogen) atoms. The van der Waals surface area contributed by atoms with E-state index in [4.69, 9.17) is 17.1 Å². The Morgan fingerprint density at radius 2 is 0.938 bits per heavy atom. The van der Waals surface area contributed by atoms with E-state index in [1.165, 1.54) is 0 Å². The highest BCUT2D eigenvalue weighted by Crippen LogP contribution is 2.44. The Morgan fingerprint density at radius 1 is 0.417 bits per heavy atom. The molecule has 0 fully saturated rings. The SMILES string of the molecule is [2H]c1c([2H])c([2H])c2c(-c3ccc(-c4ccc5oc6c(ccc7occ(-c8ccccc8)c76)c5c4)cc3)c3c([2H])c([2H])c([2H])c([2H])c3c(-c3ccccc3)c2c1[2H]. The van der Waals surface area contributed by atoms with Crippen molar-refractivity contribution >= 4 is 54.5 Å². The van der Waals surface area contributed by atoms with Gasteiger partial charge in [0.05, 0.1) is 22.6 Å². The quantitative estimate of drug-likeness (QED) is 0.183. The Kier molecular flexibility index (Phi) is 4.41. The molecule has 0 aliphatic carbocycles. The third-order valence-electron chi connectivity index (χ3n) is 9.20. The molecule has 0 N–H and O–H groups in total. The van der Waals surface area contributed by atoms with E-state index in [-0.39, 0.29) is 45.7 Å². The molecule has 0 radical (unpaired) electrons. The maximum Gasteiger partial charge on any atom is 0.147 e. The van der Waals surface area contributed by atoms with Crippen LogP contribution < -0.4 is 0 Å². The molecule has 0 saturated heterocycles. The fourth-order valence-electron chi connectivity index (χ4n) is 7.00. The van der Waals surface area contributed by atoms with Crippen LogP contribution in [-0.2, 0) is 0 Å². The third kappa shape index (κ3) is 4.06. The van der Waals surface area contributed by atoms with Gasteiger partial charge in [-0.1, -0.05) is 139 Å². The second kappa shape index (κ2) is 10.6. The Hall–Kier alpha value is -6.38. The monoisotopic (exact) mass is 620 g/mol. The number of hydrogen-bond acceptors (Lipinski definition) is 2. The molecule has 2 aromatic heterocycles. The largest absolute Gasteiger partial charge is 0.464 e. The first-order chi connectivity index (χ1) is 27.1. The molecule has 10 rings (SSSR count). The molecule has 0 spiro atoms. The van der Waals surface area contributed by atoms with Gasteiger partial charge in [0.15, 0.2) is 0 Å². The van der Waals surface area contributed by atoms with Crippen molar-refractivity contribution in [3.05, 3.63) is 170 Å². The molecule has 2 heterocycles. The summed E-state index contributed by atoms with van der Waals surface area (Å²) < 4.78 is 83.6. The Balaban J connectivity index is 1.20. The zero-order valence-electron chi connectivity index (χ0n) is 33.4. The number of rotatable bonds is 4. The van der Waals surface area contributed by atoms with Gasteiger partial charge in [-0.3, -0.25) is 0 Å². The smallest absolute Gasteiger partial charge is 0.147 e. The average Bonchev–Trinajstić information content (AvgIpc) is 3.85. The second-order valence-corrected chi connectivity index (χ2v) is 11.8. The molecule has 0 atom stereocenters. The summed E-state index contributed by atoms with van der Waals surface area (Å²) >= 11 is 0. The fraction of sp³-hybridized carbons (Fsp3) is 0. The minimum Gasteiger partial charge on any atom is -0.464 e. The molecule has 0 aliphatic rings. The maximum atomic E-state index is 9.18. The lowest BCUT2D eigenvalue weighted by molar-refractivity contribution is 0.616. The molecule has 0 bridgehead atoms. The van der Waals surface area contributed by atoms with Gasteiger partial charge in [0, 0.05) is 16.3 Å². The number of fused-ring (bicyclic) bond motifs is 7. The van der Waals surface area contributed by atoms with Crippen molar-refractivity contribution < 1.29 is 19.8 Å². The van der Waals surface area contributed by atoms with Crippen LogP contribution in [0, 0.1) is 0 Å². The molecule has 224 valence electrons. The van der Waals surface area contributed by atoms with E-state index >= 15 is 0 Å². The standard InChI is InChI=1S/C46H28O2/c1-3-11-30(12-4-1)40-28-47-42-26-24-38-39-27-33(23-25-41(39)48-46(38)45(40)42)29-19-21-32(22-20-29)44-36-17-9-7-15-34(36)43(31-13-5-2-6-14-31)35-16-8-10-18-37(35)44/h1-28H/i7D,8D,9D,10D,15D,16D,17D,18D. The van der Waals surface area contributed by atoms with Crippen LogP contribution in [0.4, 0.5) is 0 Å². The van der Waals surface area contributed by atoms with Crippen LogP contribution in [0.1, 0.15) is 11.0 Å². The van der Waals surface area contributed by atoms with Gasteiger partial charge in [-0.25, -0.2) is 0 Å². The van der Waals surface area contributed by atoms with E-state index in [0.717, 1.165) is 55.2 Å². The summed E-state index contributed by atoms with van der Waals surface area (Å²) in [6.07, 6.45) is 1.76. The van der Waals surface area contributed by atoms with Crippen LogP contribution in [0.25, 0.3) is 99.0 Å². The van der Waals surface area contributed by atoms with E-state index in [1.54, 1.807) is 30.5 Å². The van der Waals surface area contributed by atoms with E-state index in [1.807, 2.05) is 84.9 Å². The van der Waals surface area contributed by atoms with Crippen molar-refractivity contribution in [1.29, 1.82) is 0 Å². The summed E-state index contributed by atoms with van der Waals surface area (Å²) in [6, 6.07) is 33.7. The van der Waals surface area contributed by atoms with Gasteiger partial charge in [-0.05, 0) is 84.8 Å². The van der Waals surface area contributed by atoms with E-state index in [9.17, 15) is 2.74 Å². The van der Waals surface area contributed by atoms with Gasteiger partial charge in [0.2, 0.25) is 0 Å². The Morgan fingerprint density at radius 3 is 1.56 bits per heavy atom. The van der Waals surface area contributed by atoms with Crippen LogP contribution in [-0.4, -0.2) is 0 Å². The first-order valence-electron chi connectivity index (χ1n) is 19.7. The van der Waals surface area contributed by atoms with Crippen molar-refractivity contribution in [2.45, 2.75) is 0 Å². The Bertz CT molecular complexity index is 3180. The van der Waals surface area contributed by atoms with Gasteiger partial charge in [0.1, 0.15) is 16.7 Å². The van der Waals surface area contributed by atoms with Crippen LogP contribution >= 0.6 is 0 Å². The summed E-state index contributed by atoms with van der Waals surface area (Å²) in [4.78, 5) is 0. The van der Waals surface area contributed by atoms with Crippen LogP contribution in [0.15, 0.2) is 179 Å². The molecular weight excluding hydrogens is 585 g/mol. The lowest BCUT2D eigenvalue weighted by Gasteiger charge is -2.18. The Labute approximate surface area is 288 Å². The molecule has 0 saturated carbocycles. The first kappa shape index (κ1) is 20.0. The van der Waals surface area contributed by atoms with Crippen LogP contribution in [0.3, 0.4) is 0 Å². The molecule has 2 nitrogen and oxygen atoms in total. The van der Waals surface area contributed by atoms with Crippen molar-refractivity contribution in [3.8, 4) is 44.5 Å². The lowest BCUT2D eigenvalue weighted by Crippen LogP contribution is -1.90. The van der Waals surface area contributed by atoms with Gasteiger partial charge in [0.25, 0.3) is 0 Å². The molecule has 0 unspecified atom stereocenters. The maximum absolute atomic E-state index is 9.18. The first-order valence-corrected chi connectivity index (χ1v) is 15.7. The number of benzene rings is 8. The van der Waals surface area contributed by atoms with Gasteiger partial charge in [-0.2, -0.15) is 0 Å². The highest BCUT2D eigenvalue weighted by Gasteiger charge is 2.19. The zero-order valence-corrected chi connectivity index (χ0v) is 25.4. The predicted molar refractivity (Wildman–Crippen MR) is 200 cm³/mol. The van der Waals surface area contributed by atoms with Crippen molar-refractivity contribution in [2.24, 2.45) is 0 Å². The summed E-state index contributed by atoms with van der Waals surface area (Å²) in [5, 5.41) is 3.55. The topological polar surface area (TPSA) is 26.3 Å². The van der Waals surface area contributed by atoms with Crippen molar-refractivity contribution in [3.63, 3.8) is 0 Å². The highest BCUT2D eigenvalue weighted by molar-refractivity contribution is 6.22. The van der Waals surface area contributed by atoms with E-state index in [0.29, 0.717) is 22.3 Å². The lowest BCUT2D eigenvalue weighted by atomic mass is 9.86.